The number of carbonyl (C=O) groups is 1. The van der Waals surface area contributed by atoms with Gasteiger partial charge in [0.1, 0.15) is 20.0 Å². The van der Waals surface area contributed by atoms with Crippen LogP contribution in [0.3, 0.4) is 0 Å². The van der Waals surface area contributed by atoms with E-state index in [4.69, 9.17) is 4.74 Å². The number of hydrogen-bond acceptors (Lipinski definition) is 4. The van der Waals surface area contributed by atoms with Crippen LogP contribution in [0, 0.1) is 17.3 Å². The highest BCUT2D eigenvalue weighted by Gasteiger charge is 2.33. The molecule has 130 valence electrons. The number of anilines is 1. The number of amides is 1. The lowest BCUT2D eigenvalue weighted by molar-refractivity contribution is 0.129. The molecule has 1 aromatic carbocycles. The van der Waals surface area contributed by atoms with Gasteiger partial charge in [0.25, 0.3) is 0 Å². The number of hydrogen-bond donors (Lipinski definition) is 0. The number of carbonyl (C=O) groups excluding carboxylic acids is 1. The van der Waals surface area contributed by atoms with Gasteiger partial charge < -0.3 is 4.74 Å². The Kier molecular flexibility index (Phi) is 4.59. The molecular weight excluding hydrogens is 339 g/mol. The monoisotopic (exact) mass is 358 g/mol. The van der Waals surface area contributed by atoms with E-state index in [1.807, 2.05) is 0 Å². The van der Waals surface area contributed by atoms with Crippen molar-refractivity contribution in [1.82, 2.24) is 15.0 Å². The van der Waals surface area contributed by atoms with Gasteiger partial charge in [0.2, 0.25) is 0 Å². The van der Waals surface area contributed by atoms with Gasteiger partial charge in [-0.25, -0.2) is 13.9 Å². The summed E-state index contributed by atoms with van der Waals surface area (Å²) < 4.78 is 21.2. The molecule has 0 saturated carbocycles. The Balaban J connectivity index is 1.74. The third-order valence-corrected chi connectivity index (χ3v) is 4.45. The van der Waals surface area contributed by atoms with Crippen LogP contribution >= 0.6 is 0 Å². The third-order valence-electron chi connectivity index (χ3n) is 3.57. The van der Waals surface area contributed by atoms with E-state index in [1.54, 1.807) is 29.2 Å². The minimum Gasteiger partial charge on any atom is -0.442 e. The maximum absolute atomic E-state index is 14.3. The Hall–Kier alpha value is -2.66. The predicted molar refractivity (Wildman–Crippen MR) is 94.3 cm³/mol. The van der Waals surface area contributed by atoms with Crippen molar-refractivity contribution >= 4 is 19.9 Å². The van der Waals surface area contributed by atoms with E-state index in [2.05, 4.69) is 41.4 Å². The number of benzene rings is 1. The van der Waals surface area contributed by atoms with Crippen molar-refractivity contribution in [3.05, 3.63) is 42.0 Å². The molecule has 0 N–H and O–H groups in total. The zero-order valence-electron chi connectivity index (χ0n) is 14.4. The van der Waals surface area contributed by atoms with E-state index < -0.39 is 20.0 Å². The fourth-order valence-electron chi connectivity index (χ4n) is 2.39. The highest BCUT2D eigenvalue weighted by Crippen LogP contribution is 2.24. The molecule has 1 unspecified atom stereocenters. The number of halogens is 1. The highest BCUT2D eigenvalue weighted by atomic mass is 28.3. The summed E-state index contributed by atoms with van der Waals surface area (Å²) >= 11 is 0. The molecular formula is C17H19FN4O2Si. The first-order valence-electron chi connectivity index (χ1n) is 7.97. The molecule has 1 amide bonds. The molecule has 1 saturated heterocycles. The molecule has 3 rings (SSSR count). The molecule has 1 aliphatic rings. The maximum atomic E-state index is 14.3. The van der Waals surface area contributed by atoms with E-state index in [9.17, 15) is 9.18 Å². The third kappa shape index (κ3) is 4.25. The summed E-state index contributed by atoms with van der Waals surface area (Å²) in [5.74, 6) is 2.47. The SMILES string of the molecule is C[Si](C)(C)C#Cc1ccc(N2CC(Cn3ccnn3)OC2=O)cc1F. The van der Waals surface area contributed by atoms with Crippen LogP contribution in [0.1, 0.15) is 5.56 Å². The van der Waals surface area contributed by atoms with Crippen LogP contribution in [0.15, 0.2) is 30.6 Å². The largest absolute Gasteiger partial charge is 0.442 e. The van der Waals surface area contributed by atoms with E-state index in [-0.39, 0.29) is 6.10 Å². The van der Waals surface area contributed by atoms with Gasteiger partial charge in [-0.2, -0.15) is 0 Å². The van der Waals surface area contributed by atoms with Crippen LogP contribution in [0.25, 0.3) is 0 Å². The van der Waals surface area contributed by atoms with Gasteiger partial charge >= 0.3 is 6.09 Å². The second-order valence-electron chi connectivity index (χ2n) is 6.91. The van der Waals surface area contributed by atoms with E-state index in [1.165, 1.54) is 11.0 Å². The Bertz CT molecular complexity index is 837. The van der Waals surface area contributed by atoms with Crippen LogP contribution in [-0.4, -0.2) is 41.8 Å². The topological polar surface area (TPSA) is 60.3 Å². The second kappa shape index (κ2) is 6.68. The molecule has 2 aromatic rings. The first kappa shape index (κ1) is 17.2. The molecule has 1 aromatic heterocycles. The second-order valence-corrected chi connectivity index (χ2v) is 11.7. The van der Waals surface area contributed by atoms with Crippen molar-refractivity contribution in [2.24, 2.45) is 0 Å². The van der Waals surface area contributed by atoms with Gasteiger partial charge in [0.15, 0.2) is 0 Å². The van der Waals surface area contributed by atoms with Crippen LogP contribution in [-0.2, 0) is 11.3 Å². The van der Waals surface area contributed by atoms with Crippen molar-refractivity contribution in [3.8, 4) is 11.5 Å². The molecule has 1 atom stereocenters. The van der Waals surface area contributed by atoms with E-state index in [0.717, 1.165) is 0 Å². The van der Waals surface area contributed by atoms with Gasteiger partial charge in [0, 0.05) is 6.20 Å². The zero-order chi connectivity index (χ0) is 18.0. The summed E-state index contributed by atoms with van der Waals surface area (Å²) in [5, 5.41) is 7.57. The molecule has 0 radical (unpaired) electrons. The molecule has 6 nitrogen and oxygen atoms in total. The average Bonchev–Trinajstić information content (AvgIpc) is 3.15. The minimum absolute atomic E-state index is 0.331. The van der Waals surface area contributed by atoms with Gasteiger partial charge in [-0.15, -0.1) is 10.6 Å². The fourth-order valence-corrected chi connectivity index (χ4v) is 2.90. The van der Waals surface area contributed by atoms with E-state index >= 15 is 0 Å². The summed E-state index contributed by atoms with van der Waals surface area (Å²) in [6.45, 7) is 7.04. The van der Waals surface area contributed by atoms with Crippen molar-refractivity contribution in [1.29, 1.82) is 0 Å². The molecule has 0 bridgehead atoms. The lowest BCUT2D eigenvalue weighted by Gasteiger charge is -2.13. The molecule has 0 aliphatic carbocycles. The smallest absolute Gasteiger partial charge is 0.414 e. The van der Waals surface area contributed by atoms with E-state index in [0.29, 0.717) is 24.3 Å². The molecule has 1 fully saturated rings. The van der Waals surface area contributed by atoms with Crippen LogP contribution in [0.2, 0.25) is 19.6 Å². The zero-order valence-corrected chi connectivity index (χ0v) is 15.4. The number of ether oxygens (including phenoxy) is 1. The summed E-state index contributed by atoms with van der Waals surface area (Å²) in [7, 11) is -1.58. The van der Waals surface area contributed by atoms with Crippen molar-refractivity contribution in [3.63, 3.8) is 0 Å². The fraction of sp³-hybridized carbons (Fsp3) is 0.353. The number of nitrogens with zero attached hydrogens (tertiary/aromatic N) is 4. The van der Waals surface area contributed by atoms with Gasteiger partial charge in [-0.05, 0) is 18.2 Å². The van der Waals surface area contributed by atoms with Crippen LogP contribution in [0.4, 0.5) is 14.9 Å². The number of aromatic nitrogens is 3. The van der Waals surface area contributed by atoms with Crippen LogP contribution < -0.4 is 4.90 Å². The van der Waals surface area contributed by atoms with Crippen molar-refractivity contribution in [2.45, 2.75) is 32.3 Å². The Morgan fingerprint density at radius 2 is 2.20 bits per heavy atom. The first-order valence-corrected chi connectivity index (χ1v) is 11.5. The molecule has 2 heterocycles. The molecule has 1 aliphatic heterocycles. The van der Waals surface area contributed by atoms with Gasteiger partial charge in [-0.1, -0.05) is 30.8 Å². The Morgan fingerprint density at radius 1 is 1.40 bits per heavy atom. The standard InChI is InChI=1S/C17H19FN4O2Si/c1-25(2,3)9-6-13-4-5-14(10-16(13)18)22-12-15(24-17(22)23)11-21-8-7-19-20-21/h4-5,7-8,10,15H,11-12H2,1-3H3. The normalized spacial score (nSPS) is 17.2. The number of cyclic esters (lactones) is 1. The summed E-state index contributed by atoms with van der Waals surface area (Å²) in [4.78, 5) is 13.5. The Morgan fingerprint density at radius 3 is 2.84 bits per heavy atom. The maximum Gasteiger partial charge on any atom is 0.414 e. The average molecular weight is 358 g/mol. The minimum atomic E-state index is -1.58. The molecule has 0 spiro atoms. The summed E-state index contributed by atoms with van der Waals surface area (Å²) in [6.07, 6.45) is 2.40. The molecule has 25 heavy (non-hydrogen) atoms. The van der Waals surface area contributed by atoms with Gasteiger partial charge in [0.05, 0.1) is 30.5 Å². The predicted octanol–water partition coefficient (Wildman–Crippen LogP) is 2.67. The van der Waals surface area contributed by atoms with Crippen LogP contribution in [0.5, 0.6) is 0 Å². The lowest BCUT2D eigenvalue weighted by Crippen LogP contribution is -2.26. The van der Waals surface area contributed by atoms with Crippen molar-refractivity contribution in [2.75, 3.05) is 11.4 Å². The quantitative estimate of drug-likeness (QED) is 0.625. The van der Waals surface area contributed by atoms with Crippen molar-refractivity contribution < 1.29 is 13.9 Å². The first-order chi connectivity index (χ1) is 11.8. The summed E-state index contributed by atoms with van der Waals surface area (Å²) in [5.41, 5.74) is 3.94. The lowest BCUT2D eigenvalue weighted by atomic mass is 10.2. The Labute approximate surface area is 146 Å². The number of rotatable bonds is 3. The molecule has 8 heteroatoms. The highest BCUT2D eigenvalue weighted by molar-refractivity contribution is 6.83. The summed E-state index contributed by atoms with van der Waals surface area (Å²) in [6, 6.07) is 4.62. The van der Waals surface area contributed by atoms with Gasteiger partial charge in [-0.3, -0.25) is 4.90 Å².